The van der Waals surface area contributed by atoms with E-state index in [9.17, 15) is 9.46 Å². The molecule has 0 heterocycles. The Labute approximate surface area is 147 Å². The summed E-state index contributed by atoms with van der Waals surface area (Å²) < 4.78 is 33.4. The summed E-state index contributed by atoms with van der Waals surface area (Å²) in [4.78, 5) is 9.62. The van der Waals surface area contributed by atoms with Crippen LogP contribution in [0, 0.1) is 0 Å². The van der Waals surface area contributed by atoms with Crippen molar-refractivity contribution in [3.05, 3.63) is 0 Å². The van der Waals surface area contributed by atoms with Gasteiger partial charge in [0.2, 0.25) is 0 Å². The number of unbranched alkanes of at least 4 members (excludes halogenated alkanes) is 1. The maximum atomic E-state index is 11.8. The number of phosphoric ester groups is 1. The second-order valence-electron chi connectivity index (χ2n) is 7.05. The summed E-state index contributed by atoms with van der Waals surface area (Å²) in [5.74, 6) is 0. The van der Waals surface area contributed by atoms with E-state index < -0.39 is 7.82 Å². The van der Waals surface area contributed by atoms with E-state index >= 15 is 0 Å². The summed E-state index contributed by atoms with van der Waals surface area (Å²) in [6, 6.07) is 0. The molecule has 0 aliphatic heterocycles. The molecule has 7 nitrogen and oxygen atoms in total. The zero-order valence-electron chi connectivity index (χ0n) is 16.2. The molecule has 0 aliphatic carbocycles. The fraction of sp³-hybridized carbons (Fsp3) is 1.00. The Morgan fingerprint density at radius 3 is 2.25 bits per heavy atom. The van der Waals surface area contributed by atoms with Gasteiger partial charge in [-0.3, -0.25) is 9.05 Å². The fourth-order valence-electron chi connectivity index (χ4n) is 1.90. The Kier molecular flexibility index (Phi) is 12.4. The van der Waals surface area contributed by atoms with Gasteiger partial charge in [0.05, 0.1) is 40.0 Å². The number of hydrogen-bond donors (Lipinski definition) is 1. The van der Waals surface area contributed by atoms with Crippen molar-refractivity contribution in [3.63, 3.8) is 0 Å². The number of quaternary nitrogens is 1. The van der Waals surface area contributed by atoms with Crippen LogP contribution in [-0.4, -0.2) is 75.7 Å². The van der Waals surface area contributed by atoms with Gasteiger partial charge in [0, 0.05) is 13.2 Å². The third-order valence-corrected chi connectivity index (χ3v) is 4.33. The third-order valence-electron chi connectivity index (χ3n) is 3.35. The van der Waals surface area contributed by atoms with Crippen LogP contribution >= 0.6 is 7.82 Å². The first-order valence-electron chi connectivity index (χ1n) is 8.71. The molecule has 0 saturated carbocycles. The summed E-state index contributed by atoms with van der Waals surface area (Å²) in [5.41, 5.74) is 0. The summed E-state index contributed by atoms with van der Waals surface area (Å²) in [6.07, 6.45) is 2.99. The largest absolute Gasteiger partial charge is 0.472 e. The first-order valence-corrected chi connectivity index (χ1v) is 10.2. The van der Waals surface area contributed by atoms with Crippen molar-refractivity contribution in [1.82, 2.24) is 0 Å². The Morgan fingerprint density at radius 2 is 1.67 bits per heavy atom. The van der Waals surface area contributed by atoms with Gasteiger partial charge in [-0.25, -0.2) is 4.57 Å². The molecule has 2 unspecified atom stereocenters. The molecule has 0 aliphatic rings. The van der Waals surface area contributed by atoms with Gasteiger partial charge in [-0.1, -0.05) is 0 Å². The average molecular weight is 370 g/mol. The van der Waals surface area contributed by atoms with Crippen molar-refractivity contribution in [1.29, 1.82) is 0 Å². The topological polar surface area (TPSA) is 74.2 Å². The smallest absolute Gasteiger partial charge is 0.379 e. The molecule has 24 heavy (non-hydrogen) atoms. The molecule has 3 atom stereocenters. The lowest BCUT2D eigenvalue weighted by atomic mass is 10.2. The van der Waals surface area contributed by atoms with Crippen LogP contribution in [0.3, 0.4) is 0 Å². The van der Waals surface area contributed by atoms with Crippen LogP contribution in [0.15, 0.2) is 0 Å². The Bertz CT molecular complexity index is 361. The zero-order chi connectivity index (χ0) is 18.6. The lowest BCUT2D eigenvalue weighted by Crippen LogP contribution is -2.37. The molecule has 0 saturated heterocycles. The highest BCUT2D eigenvalue weighted by Crippen LogP contribution is 2.43. The average Bonchev–Trinajstić information content (AvgIpc) is 2.43. The van der Waals surface area contributed by atoms with Gasteiger partial charge in [-0.2, -0.15) is 0 Å². The second kappa shape index (κ2) is 12.4. The molecule has 0 amide bonds. The monoisotopic (exact) mass is 370 g/mol. The van der Waals surface area contributed by atoms with E-state index in [-0.39, 0.29) is 25.4 Å². The van der Waals surface area contributed by atoms with Crippen molar-refractivity contribution in [2.45, 2.75) is 52.2 Å². The van der Waals surface area contributed by atoms with E-state index in [0.717, 1.165) is 25.9 Å². The lowest BCUT2D eigenvalue weighted by Gasteiger charge is -2.24. The van der Waals surface area contributed by atoms with E-state index in [1.807, 2.05) is 35.0 Å². The van der Waals surface area contributed by atoms with Gasteiger partial charge in [0.15, 0.2) is 0 Å². The van der Waals surface area contributed by atoms with Gasteiger partial charge in [0.1, 0.15) is 13.2 Å². The highest BCUT2D eigenvalue weighted by atomic mass is 31.2. The van der Waals surface area contributed by atoms with E-state index in [4.69, 9.17) is 18.5 Å². The van der Waals surface area contributed by atoms with Crippen molar-refractivity contribution < 1.29 is 32.5 Å². The van der Waals surface area contributed by atoms with Crippen LogP contribution in [0.5, 0.6) is 0 Å². The van der Waals surface area contributed by atoms with Crippen LogP contribution in [0.4, 0.5) is 0 Å². The Morgan fingerprint density at radius 1 is 1.00 bits per heavy atom. The highest BCUT2D eigenvalue weighted by Gasteiger charge is 2.23. The number of likely N-dealkylation sites (N-methyl/N-ethyl adjacent to an activating group) is 1. The highest BCUT2D eigenvalue weighted by molar-refractivity contribution is 7.47. The second-order valence-corrected chi connectivity index (χ2v) is 8.51. The molecule has 0 spiro atoms. The van der Waals surface area contributed by atoms with E-state index in [1.165, 1.54) is 0 Å². The molecule has 0 aromatic heterocycles. The van der Waals surface area contributed by atoms with Crippen molar-refractivity contribution >= 4 is 7.82 Å². The van der Waals surface area contributed by atoms with Gasteiger partial charge in [-0.15, -0.1) is 0 Å². The Balaban J connectivity index is 3.72. The van der Waals surface area contributed by atoms with Gasteiger partial charge in [0.25, 0.3) is 0 Å². The number of ether oxygens (including phenoxy) is 2. The molecule has 0 bridgehead atoms. The molecular weight excluding hydrogens is 333 g/mol. The molecule has 0 fully saturated rings. The molecule has 0 aromatic carbocycles. The number of phosphoric acid groups is 1. The predicted octanol–water partition coefficient (Wildman–Crippen LogP) is 2.83. The fourth-order valence-corrected chi connectivity index (χ4v) is 2.69. The maximum Gasteiger partial charge on any atom is 0.472 e. The first kappa shape index (κ1) is 24.0. The van der Waals surface area contributed by atoms with Crippen molar-refractivity contribution in [2.24, 2.45) is 0 Å². The minimum atomic E-state index is -4.00. The van der Waals surface area contributed by atoms with E-state index in [0.29, 0.717) is 17.6 Å². The first-order chi connectivity index (χ1) is 11.1. The van der Waals surface area contributed by atoms with Crippen LogP contribution < -0.4 is 0 Å². The van der Waals surface area contributed by atoms with Gasteiger partial charge >= 0.3 is 7.82 Å². The SMILES string of the molecule is CCOC(C)CCCCO[C@H](C)COP(=O)(O)OCC[N+](C)(C)C. The summed E-state index contributed by atoms with van der Waals surface area (Å²) in [5, 5.41) is 0. The summed E-state index contributed by atoms with van der Waals surface area (Å²) in [6.45, 7) is 8.05. The zero-order valence-corrected chi connectivity index (χ0v) is 17.1. The number of nitrogens with zero attached hydrogens (tertiary/aromatic N) is 1. The molecular formula is C16H37NO6P+. The molecule has 1 N–H and O–H groups in total. The minimum Gasteiger partial charge on any atom is -0.379 e. The number of hydrogen-bond acceptors (Lipinski definition) is 5. The third kappa shape index (κ3) is 15.5. The van der Waals surface area contributed by atoms with E-state index in [2.05, 4.69) is 6.92 Å². The van der Waals surface area contributed by atoms with Crippen LogP contribution in [0.25, 0.3) is 0 Å². The lowest BCUT2D eigenvalue weighted by molar-refractivity contribution is -0.870. The maximum absolute atomic E-state index is 11.8. The van der Waals surface area contributed by atoms with Crippen molar-refractivity contribution in [2.75, 3.05) is 54.1 Å². The summed E-state index contributed by atoms with van der Waals surface area (Å²) >= 11 is 0. The quantitative estimate of drug-likeness (QED) is 0.271. The Hall–Kier alpha value is -0.0100. The van der Waals surface area contributed by atoms with Crippen LogP contribution in [0.2, 0.25) is 0 Å². The molecule has 8 heteroatoms. The summed E-state index contributed by atoms with van der Waals surface area (Å²) in [7, 11) is 1.95. The molecule has 0 aromatic rings. The van der Waals surface area contributed by atoms with Gasteiger partial charge < -0.3 is 18.9 Å². The van der Waals surface area contributed by atoms with Crippen LogP contribution in [-0.2, 0) is 23.1 Å². The molecule has 0 radical (unpaired) electrons. The van der Waals surface area contributed by atoms with Crippen molar-refractivity contribution in [3.8, 4) is 0 Å². The molecule has 146 valence electrons. The standard InChI is InChI=1S/C16H36NO6P/c1-7-20-15(2)10-8-9-12-21-16(3)14-23-24(18,19)22-13-11-17(4,5)6/h15-16H,7-14H2,1-6H3/p+1/t15?,16-/m1/s1. The van der Waals surface area contributed by atoms with Crippen LogP contribution in [0.1, 0.15) is 40.0 Å². The minimum absolute atomic E-state index is 0.0352. The predicted molar refractivity (Wildman–Crippen MR) is 95.0 cm³/mol. The van der Waals surface area contributed by atoms with Gasteiger partial charge in [-0.05, 0) is 40.0 Å². The van der Waals surface area contributed by atoms with E-state index in [1.54, 1.807) is 0 Å². The normalized spacial score (nSPS) is 17.5. The number of rotatable bonds is 15. The molecule has 0 rings (SSSR count).